The fraction of sp³-hybridized carbons (Fsp3) is 0.400. The number of hydrogen-bond acceptors (Lipinski definition) is 6. The Morgan fingerprint density at radius 2 is 1.71 bits per heavy atom. The summed E-state index contributed by atoms with van der Waals surface area (Å²) in [5, 5.41) is 11.4. The number of nitrogens with zero attached hydrogens (tertiary/aromatic N) is 1. The molecule has 2 aromatic rings. The van der Waals surface area contributed by atoms with E-state index in [4.69, 9.17) is 14.6 Å². The number of carbonyl (C=O) groups is 3. The second-order valence-electron chi connectivity index (χ2n) is 8.37. The van der Waals surface area contributed by atoms with E-state index >= 15 is 0 Å². The number of carboxylic acid groups (broad SMARTS) is 1. The van der Waals surface area contributed by atoms with Crippen LogP contribution in [0.25, 0.3) is 11.1 Å². The summed E-state index contributed by atoms with van der Waals surface area (Å²) in [7, 11) is 0. The maximum Gasteiger partial charge on any atom is 0.407 e. The van der Waals surface area contributed by atoms with E-state index in [-0.39, 0.29) is 31.1 Å². The average molecular weight is 485 g/mol. The Balaban J connectivity index is 1.34. The van der Waals surface area contributed by atoms with Gasteiger partial charge in [0.15, 0.2) is 0 Å². The van der Waals surface area contributed by atoms with Gasteiger partial charge in [-0.2, -0.15) is 11.8 Å². The van der Waals surface area contributed by atoms with E-state index < -0.39 is 18.1 Å². The minimum absolute atomic E-state index is 0.0546. The molecule has 0 aromatic heterocycles. The smallest absolute Gasteiger partial charge is 0.407 e. The maximum atomic E-state index is 12.9. The summed E-state index contributed by atoms with van der Waals surface area (Å²) in [5.74, 6) is -0.606. The molecule has 0 radical (unpaired) electrons. The van der Waals surface area contributed by atoms with Crippen molar-refractivity contribution in [3.05, 3.63) is 59.7 Å². The van der Waals surface area contributed by atoms with Crippen LogP contribution in [0.3, 0.4) is 0 Å². The van der Waals surface area contributed by atoms with Gasteiger partial charge in [0.2, 0.25) is 5.91 Å². The molecule has 1 saturated heterocycles. The second kappa shape index (κ2) is 10.9. The van der Waals surface area contributed by atoms with E-state index in [2.05, 4.69) is 29.6 Å². The summed E-state index contributed by atoms with van der Waals surface area (Å²) in [6.45, 7) is 0.418. The first kappa shape index (κ1) is 24.1. The molecule has 0 spiro atoms. The maximum absolute atomic E-state index is 12.9. The molecular formula is C25H28N2O6S. The summed E-state index contributed by atoms with van der Waals surface area (Å²) >= 11 is 1.59. The van der Waals surface area contributed by atoms with Crippen LogP contribution in [-0.4, -0.2) is 78.4 Å². The fourth-order valence-electron chi connectivity index (χ4n) is 4.41. The van der Waals surface area contributed by atoms with Crippen LogP contribution in [0.2, 0.25) is 0 Å². The van der Waals surface area contributed by atoms with Gasteiger partial charge >= 0.3 is 12.1 Å². The predicted molar refractivity (Wildman–Crippen MR) is 129 cm³/mol. The molecule has 4 rings (SSSR count). The molecule has 0 bridgehead atoms. The zero-order chi connectivity index (χ0) is 24.1. The van der Waals surface area contributed by atoms with Gasteiger partial charge in [0, 0.05) is 19.0 Å². The standard InChI is InChI=1S/C25H28N2O6S/c1-34-11-10-22(24(30)27-12-16(13-27)32-15-23(28)29)26-25(31)33-14-21-19-8-4-2-6-17(19)18-7-3-5-9-20(18)21/h2-9,16,21-22H,10-15H2,1H3,(H,26,31)(H,28,29). The number of carbonyl (C=O) groups excluding carboxylic acids is 2. The molecule has 2 amide bonds. The summed E-state index contributed by atoms with van der Waals surface area (Å²) in [6, 6.07) is 15.5. The van der Waals surface area contributed by atoms with E-state index in [1.54, 1.807) is 16.7 Å². The molecule has 1 aliphatic carbocycles. The van der Waals surface area contributed by atoms with Crippen LogP contribution in [-0.2, 0) is 19.1 Å². The van der Waals surface area contributed by atoms with Crippen molar-refractivity contribution in [1.82, 2.24) is 10.2 Å². The normalized spacial score (nSPS) is 15.7. The molecule has 1 fully saturated rings. The second-order valence-corrected chi connectivity index (χ2v) is 9.36. The Morgan fingerprint density at radius 3 is 2.29 bits per heavy atom. The van der Waals surface area contributed by atoms with Gasteiger partial charge in [0.1, 0.15) is 19.3 Å². The number of thioether (sulfide) groups is 1. The quantitative estimate of drug-likeness (QED) is 0.534. The highest BCUT2D eigenvalue weighted by molar-refractivity contribution is 7.98. The van der Waals surface area contributed by atoms with Gasteiger partial charge in [-0.15, -0.1) is 0 Å². The highest BCUT2D eigenvalue weighted by atomic mass is 32.2. The highest BCUT2D eigenvalue weighted by Gasteiger charge is 2.36. The van der Waals surface area contributed by atoms with Gasteiger partial charge in [-0.3, -0.25) is 4.79 Å². The van der Waals surface area contributed by atoms with Crippen LogP contribution in [0, 0.1) is 0 Å². The number of hydrogen-bond donors (Lipinski definition) is 2. The number of benzene rings is 2. The number of rotatable bonds is 10. The van der Waals surface area contributed by atoms with Gasteiger partial charge in [-0.05, 0) is 40.7 Å². The van der Waals surface area contributed by atoms with Crippen molar-refractivity contribution < 1.29 is 29.0 Å². The van der Waals surface area contributed by atoms with Crippen molar-refractivity contribution in [2.45, 2.75) is 24.5 Å². The number of carboxylic acids is 1. The molecule has 9 heteroatoms. The lowest BCUT2D eigenvalue weighted by molar-refractivity contribution is -0.155. The molecule has 1 unspecified atom stereocenters. The summed E-state index contributed by atoms with van der Waals surface area (Å²) < 4.78 is 10.8. The third-order valence-corrected chi connectivity index (χ3v) is 6.79. The lowest BCUT2D eigenvalue weighted by atomic mass is 9.98. The molecule has 34 heavy (non-hydrogen) atoms. The number of amides is 2. The Bertz CT molecular complexity index is 1010. The molecule has 180 valence electrons. The molecule has 2 aromatic carbocycles. The number of likely N-dealkylation sites (tertiary alicyclic amines) is 1. The SMILES string of the molecule is CSCCC(NC(=O)OCC1c2ccccc2-c2ccccc21)C(=O)N1CC(OCC(=O)O)C1. The van der Waals surface area contributed by atoms with Crippen LogP contribution in [0.4, 0.5) is 4.79 Å². The molecular weight excluding hydrogens is 456 g/mol. The number of aliphatic carboxylic acids is 1. The minimum atomic E-state index is -1.04. The van der Waals surface area contributed by atoms with Gasteiger partial charge in [-0.25, -0.2) is 9.59 Å². The monoisotopic (exact) mass is 484 g/mol. The van der Waals surface area contributed by atoms with E-state index in [0.717, 1.165) is 22.3 Å². The Labute approximate surface area is 202 Å². The molecule has 2 aliphatic rings. The number of fused-ring (bicyclic) bond motifs is 3. The summed E-state index contributed by atoms with van der Waals surface area (Å²) in [6.07, 6.45) is 1.49. The first-order chi connectivity index (χ1) is 16.5. The number of nitrogens with one attached hydrogen (secondary N) is 1. The Hall–Kier alpha value is -3.04. The Kier molecular flexibility index (Phi) is 7.74. The zero-order valence-electron chi connectivity index (χ0n) is 18.9. The van der Waals surface area contributed by atoms with Crippen LogP contribution < -0.4 is 5.32 Å². The van der Waals surface area contributed by atoms with Crippen molar-refractivity contribution in [3.63, 3.8) is 0 Å². The molecule has 2 N–H and O–H groups in total. The minimum Gasteiger partial charge on any atom is -0.480 e. The highest BCUT2D eigenvalue weighted by Crippen LogP contribution is 2.44. The zero-order valence-corrected chi connectivity index (χ0v) is 19.8. The Morgan fingerprint density at radius 1 is 1.09 bits per heavy atom. The summed E-state index contributed by atoms with van der Waals surface area (Å²) in [4.78, 5) is 37.8. The van der Waals surface area contributed by atoms with E-state index in [1.807, 2.05) is 30.5 Å². The molecule has 1 atom stereocenters. The van der Waals surface area contributed by atoms with E-state index in [0.29, 0.717) is 25.3 Å². The van der Waals surface area contributed by atoms with Crippen LogP contribution >= 0.6 is 11.8 Å². The molecule has 1 heterocycles. The topological polar surface area (TPSA) is 105 Å². The van der Waals surface area contributed by atoms with Crippen LogP contribution in [0.15, 0.2) is 48.5 Å². The van der Waals surface area contributed by atoms with Crippen molar-refractivity contribution >= 4 is 29.7 Å². The third-order valence-electron chi connectivity index (χ3n) is 6.15. The fourth-order valence-corrected chi connectivity index (χ4v) is 4.88. The van der Waals surface area contributed by atoms with E-state index in [1.165, 1.54) is 0 Å². The van der Waals surface area contributed by atoms with Crippen molar-refractivity contribution in [2.75, 3.05) is 38.3 Å². The van der Waals surface area contributed by atoms with Gasteiger partial charge in [0.25, 0.3) is 0 Å². The number of ether oxygens (including phenoxy) is 2. The van der Waals surface area contributed by atoms with Crippen molar-refractivity contribution in [3.8, 4) is 11.1 Å². The first-order valence-electron chi connectivity index (χ1n) is 11.2. The lowest BCUT2D eigenvalue weighted by Crippen LogP contribution is -2.60. The van der Waals surface area contributed by atoms with Gasteiger partial charge in [-0.1, -0.05) is 48.5 Å². The van der Waals surface area contributed by atoms with E-state index in [9.17, 15) is 14.4 Å². The molecule has 0 saturated carbocycles. The van der Waals surface area contributed by atoms with Crippen LogP contribution in [0.5, 0.6) is 0 Å². The van der Waals surface area contributed by atoms with Crippen molar-refractivity contribution in [1.29, 1.82) is 0 Å². The van der Waals surface area contributed by atoms with Crippen LogP contribution in [0.1, 0.15) is 23.5 Å². The predicted octanol–water partition coefficient (Wildman–Crippen LogP) is 2.96. The number of alkyl carbamates (subject to hydrolysis) is 1. The third kappa shape index (κ3) is 5.37. The summed E-state index contributed by atoms with van der Waals surface area (Å²) in [5.41, 5.74) is 4.55. The van der Waals surface area contributed by atoms with Gasteiger partial charge in [0.05, 0.1) is 6.10 Å². The molecule has 1 aliphatic heterocycles. The largest absolute Gasteiger partial charge is 0.480 e. The average Bonchev–Trinajstić information content (AvgIpc) is 3.12. The molecule has 8 nitrogen and oxygen atoms in total. The van der Waals surface area contributed by atoms with Gasteiger partial charge < -0.3 is 24.8 Å². The van der Waals surface area contributed by atoms with Crippen molar-refractivity contribution in [2.24, 2.45) is 0 Å². The lowest BCUT2D eigenvalue weighted by Gasteiger charge is -2.40. The first-order valence-corrected chi connectivity index (χ1v) is 12.6.